The molecule has 1 aliphatic rings. The lowest BCUT2D eigenvalue weighted by atomic mass is 9.84. The lowest BCUT2D eigenvalue weighted by Gasteiger charge is -2.39. The predicted molar refractivity (Wildman–Crippen MR) is 77.7 cm³/mol. The van der Waals surface area contributed by atoms with Gasteiger partial charge < -0.3 is 10.6 Å². The van der Waals surface area contributed by atoms with E-state index in [1.807, 2.05) is 12.1 Å². The molecular formula is C14H20ClN3. The first-order valence-corrected chi connectivity index (χ1v) is 6.66. The number of benzene rings is 1. The van der Waals surface area contributed by atoms with Crippen LogP contribution in [0.25, 0.3) is 0 Å². The highest BCUT2D eigenvalue weighted by Crippen LogP contribution is 2.35. The van der Waals surface area contributed by atoms with Crippen LogP contribution in [-0.2, 0) is 0 Å². The van der Waals surface area contributed by atoms with Gasteiger partial charge >= 0.3 is 0 Å². The van der Waals surface area contributed by atoms with Crippen LogP contribution < -0.4 is 10.6 Å². The zero-order chi connectivity index (χ0) is 13.3. The topological polar surface area (TPSA) is 53.1 Å². The molecule has 0 spiro atoms. The zero-order valence-electron chi connectivity index (χ0n) is 11.0. The van der Waals surface area contributed by atoms with E-state index in [9.17, 15) is 0 Å². The summed E-state index contributed by atoms with van der Waals surface area (Å²) in [6.45, 7) is 6.64. The standard InChI is InChI=1S/C14H20ClN3/c1-14(2)6-3-7-18(9-14)12-5-4-10(13(16)17)8-11(12)15/h4-5,8H,3,6-7,9H2,1-2H3,(H3,16,17). The van der Waals surface area contributed by atoms with Gasteiger partial charge in [-0.15, -0.1) is 0 Å². The number of anilines is 1. The SMILES string of the molecule is CC1(C)CCCN(c2ccc(C(=N)N)cc2Cl)C1. The number of amidine groups is 1. The molecule has 1 aromatic rings. The number of nitrogens with zero attached hydrogens (tertiary/aromatic N) is 1. The summed E-state index contributed by atoms with van der Waals surface area (Å²) in [5.74, 6) is 0.0578. The molecule has 0 saturated carbocycles. The van der Waals surface area contributed by atoms with E-state index in [4.69, 9.17) is 22.7 Å². The van der Waals surface area contributed by atoms with E-state index < -0.39 is 0 Å². The molecule has 3 nitrogen and oxygen atoms in total. The Bertz CT molecular complexity index is 468. The third-order valence-corrected chi connectivity index (χ3v) is 3.80. The summed E-state index contributed by atoms with van der Waals surface area (Å²) in [5, 5.41) is 8.10. The molecular weight excluding hydrogens is 246 g/mol. The fraction of sp³-hybridized carbons (Fsp3) is 0.500. The lowest BCUT2D eigenvalue weighted by molar-refractivity contribution is 0.293. The van der Waals surface area contributed by atoms with Gasteiger partial charge in [-0.3, -0.25) is 5.41 Å². The van der Waals surface area contributed by atoms with E-state index in [0.29, 0.717) is 16.0 Å². The number of hydrogen-bond donors (Lipinski definition) is 2. The van der Waals surface area contributed by atoms with Crippen molar-refractivity contribution in [2.45, 2.75) is 26.7 Å². The maximum Gasteiger partial charge on any atom is 0.122 e. The molecule has 98 valence electrons. The van der Waals surface area contributed by atoms with Gasteiger partial charge in [-0.2, -0.15) is 0 Å². The predicted octanol–water partition coefficient (Wildman–Crippen LogP) is 3.25. The molecule has 0 aromatic heterocycles. The van der Waals surface area contributed by atoms with Crippen LogP contribution in [0.4, 0.5) is 5.69 Å². The summed E-state index contributed by atoms with van der Waals surface area (Å²) >= 11 is 6.31. The van der Waals surface area contributed by atoms with Gasteiger partial charge in [-0.1, -0.05) is 25.4 Å². The van der Waals surface area contributed by atoms with Gasteiger partial charge in [0.2, 0.25) is 0 Å². The van der Waals surface area contributed by atoms with Gasteiger partial charge in [0, 0.05) is 18.7 Å². The molecule has 1 fully saturated rings. The largest absolute Gasteiger partial charge is 0.384 e. The second kappa shape index (κ2) is 4.81. The highest BCUT2D eigenvalue weighted by Gasteiger charge is 2.27. The maximum atomic E-state index is 7.42. The monoisotopic (exact) mass is 265 g/mol. The minimum absolute atomic E-state index is 0.0578. The Morgan fingerprint density at radius 3 is 2.72 bits per heavy atom. The van der Waals surface area contributed by atoms with Crippen molar-refractivity contribution in [1.29, 1.82) is 5.41 Å². The summed E-state index contributed by atoms with van der Waals surface area (Å²) in [6.07, 6.45) is 2.45. The van der Waals surface area contributed by atoms with Gasteiger partial charge in [0.15, 0.2) is 0 Å². The molecule has 3 N–H and O–H groups in total. The van der Waals surface area contributed by atoms with Crippen molar-refractivity contribution in [3.8, 4) is 0 Å². The van der Waals surface area contributed by atoms with Crippen LogP contribution in [0.2, 0.25) is 5.02 Å². The van der Waals surface area contributed by atoms with Crippen LogP contribution in [0, 0.1) is 10.8 Å². The van der Waals surface area contributed by atoms with Crippen LogP contribution in [0.15, 0.2) is 18.2 Å². The Labute approximate surface area is 113 Å². The van der Waals surface area contributed by atoms with Crippen LogP contribution >= 0.6 is 11.6 Å². The van der Waals surface area contributed by atoms with Crippen LogP contribution in [0.5, 0.6) is 0 Å². The molecule has 0 bridgehead atoms. The van der Waals surface area contributed by atoms with Gasteiger partial charge in [0.25, 0.3) is 0 Å². The fourth-order valence-electron chi connectivity index (χ4n) is 2.56. The highest BCUT2D eigenvalue weighted by molar-refractivity contribution is 6.33. The number of nitrogen functional groups attached to an aromatic ring is 1. The first-order chi connectivity index (χ1) is 8.39. The van der Waals surface area contributed by atoms with Gasteiger partial charge in [0.05, 0.1) is 10.7 Å². The molecule has 1 saturated heterocycles. The molecule has 2 rings (SSSR count). The molecule has 0 atom stereocenters. The Balaban J connectivity index is 2.26. The van der Waals surface area contributed by atoms with Crippen molar-refractivity contribution in [3.05, 3.63) is 28.8 Å². The lowest BCUT2D eigenvalue weighted by Crippen LogP contribution is -2.40. The number of piperidine rings is 1. The molecule has 0 unspecified atom stereocenters. The van der Waals surface area contributed by atoms with E-state index in [1.54, 1.807) is 6.07 Å². The van der Waals surface area contributed by atoms with E-state index in [-0.39, 0.29) is 5.84 Å². The maximum absolute atomic E-state index is 7.42. The van der Waals surface area contributed by atoms with E-state index in [0.717, 1.165) is 18.8 Å². The van der Waals surface area contributed by atoms with E-state index in [2.05, 4.69) is 18.7 Å². The molecule has 18 heavy (non-hydrogen) atoms. The van der Waals surface area contributed by atoms with Crippen molar-refractivity contribution in [2.24, 2.45) is 11.1 Å². The summed E-state index contributed by atoms with van der Waals surface area (Å²) in [5.41, 5.74) is 7.53. The minimum atomic E-state index is 0.0578. The Hall–Kier alpha value is -1.22. The molecule has 0 amide bonds. The van der Waals surface area contributed by atoms with Crippen molar-refractivity contribution in [1.82, 2.24) is 0 Å². The quantitative estimate of drug-likeness (QED) is 0.637. The fourth-order valence-corrected chi connectivity index (χ4v) is 2.86. The molecule has 4 heteroatoms. The minimum Gasteiger partial charge on any atom is -0.384 e. The first kappa shape index (κ1) is 13.2. The van der Waals surface area contributed by atoms with E-state index in [1.165, 1.54) is 12.8 Å². The number of rotatable bonds is 2. The smallest absolute Gasteiger partial charge is 0.122 e. The Morgan fingerprint density at radius 2 is 2.17 bits per heavy atom. The summed E-state index contributed by atoms with van der Waals surface area (Å²) in [6, 6.07) is 5.62. The number of nitrogens with one attached hydrogen (secondary N) is 1. The average Bonchev–Trinajstić information content (AvgIpc) is 2.27. The van der Waals surface area contributed by atoms with Gasteiger partial charge in [0.1, 0.15) is 5.84 Å². The van der Waals surface area contributed by atoms with Crippen LogP contribution in [-0.4, -0.2) is 18.9 Å². The van der Waals surface area contributed by atoms with Crippen molar-refractivity contribution >= 4 is 23.1 Å². The second-order valence-electron chi connectivity index (χ2n) is 5.77. The Kier molecular flexibility index (Phi) is 3.53. The summed E-state index contributed by atoms with van der Waals surface area (Å²) in [4.78, 5) is 2.33. The van der Waals surface area contributed by atoms with Crippen molar-refractivity contribution < 1.29 is 0 Å². The molecule has 0 radical (unpaired) electrons. The van der Waals surface area contributed by atoms with Crippen LogP contribution in [0.3, 0.4) is 0 Å². The molecule has 0 aliphatic carbocycles. The molecule has 1 aliphatic heterocycles. The number of nitrogens with two attached hydrogens (primary N) is 1. The third-order valence-electron chi connectivity index (χ3n) is 3.50. The summed E-state index contributed by atoms with van der Waals surface area (Å²) in [7, 11) is 0. The number of halogens is 1. The first-order valence-electron chi connectivity index (χ1n) is 6.28. The summed E-state index contributed by atoms with van der Waals surface area (Å²) < 4.78 is 0. The number of hydrogen-bond acceptors (Lipinski definition) is 2. The van der Waals surface area contributed by atoms with E-state index >= 15 is 0 Å². The molecule has 1 heterocycles. The Morgan fingerprint density at radius 1 is 1.44 bits per heavy atom. The van der Waals surface area contributed by atoms with Gasteiger partial charge in [-0.05, 0) is 36.5 Å². The average molecular weight is 266 g/mol. The van der Waals surface area contributed by atoms with Crippen LogP contribution in [0.1, 0.15) is 32.3 Å². The normalized spacial score (nSPS) is 18.7. The van der Waals surface area contributed by atoms with Gasteiger partial charge in [-0.25, -0.2) is 0 Å². The third kappa shape index (κ3) is 2.78. The second-order valence-corrected chi connectivity index (χ2v) is 6.18. The molecule has 1 aromatic carbocycles. The van der Waals surface area contributed by atoms with Crippen molar-refractivity contribution in [3.63, 3.8) is 0 Å². The highest BCUT2D eigenvalue weighted by atomic mass is 35.5. The zero-order valence-corrected chi connectivity index (χ0v) is 11.7. The van der Waals surface area contributed by atoms with Crippen molar-refractivity contribution in [2.75, 3.05) is 18.0 Å².